The van der Waals surface area contributed by atoms with Crippen molar-refractivity contribution in [3.8, 4) is 5.88 Å². The molecule has 0 fully saturated rings. The molecule has 0 spiro atoms. The smallest absolute Gasteiger partial charge is 0.214 e. The first-order chi connectivity index (χ1) is 8.29. The molecule has 0 saturated carbocycles. The number of halogens is 1. The summed E-state index contributed by atoms with van der Waals surface area (Å²) in [5, 5.41) is 0. The highest BCUT2D eigenvalue weighted by atomic mass is 79.9. The number of ether oxygens (including phenoxy) is 1. The fourth-order valence-corrected chi connectivity index (χ4v) is 1.98. The first-order valence-corrected chi connectivity index (χ1v) is 6.43. The van der Waals surface area contributed by atoms with Crippen LogP contribution >= 0.6 is 15.9 Å². The highest BCUT2D eigenvalue weighted by Crippen LogP contribution is 2.23. The van der Waals surface area contributed by atoms with Crippen LogP contribution in [-0.4, -0.2) is 4.98 Å². The van der Waals surface area contributed by atoms with Crippen molar-refractivity contribution in [2.24, 2.45) is 0 Å². The topological polar surface area (TPSA) is 22.1 Å². The molecule has 1 heterocycles. The van der Waals surface area contributed by atoms with Crippen molar-refractivity contribution in [3.05, 3.63) is 58.7 Å². The number of pyridine rings is 1. The van der Waals surface area contributed by atoms with Gasteiger partial charge in [0, 0.05) is 6.07 Å². The highest BCUT2D eigenvalue weighted by molar-refractivity contribution is 9.10. The van der Waals surface area contributed by atoms with Crippen LogP contribution in [0.4, 0.5) is 0 Å². The Bertz CT molecular complexity index is 473. The molecule has 3 heteroatoms. The largest absolute Gasteiger partial charge is 0.469 e. The normalized spacial score (nSPS) is 12.1. The maximum absolute atomic E-state index is 5.89. The van der Waals surface area contributed by atoms with E-state index in [9.17, 15) is 0 Å². The van der Waals surface area contributed by atoms with E-state index in [1.807, 2.05) is 36.4 Å². The minimum absolute atomic E-state index is 0.0537. The van der Waals surface area contributed by atoms with Gasteiger partial charge in [0.05, 0.1) is 0 Å². The standard InChI is InChI=1S/C14H14BrNO/c1-2-12(11-7-4-3-5-8-11)17-14-10-6-9-13(15)16-14/h3-10,12H,2H2,1H3/t12-/m1/s1. The number of benzene rings is 1. The first kappa shape index (κ1) is 12.1. The molecule has 17 heavy (non-hydrogen) atoms. The van der Waals surface area contributed by atoms with Crippen LogP contribution in [0, 0.1) is 0 Å². The second-order valence-corrected chi connectivity index (χ2v) is 4.54. The van der Waals surface area contributed by atoms with Crippen molar-refractivity contribution < 1.29 is 4.74 Å². The number of nitrogens with zero attached hydrogens (tertiary/aromatic N) is 1. The van der Waals surface area contributed by atoms with E-state index >= 15 is 0 Å². The van der Waals surface area contributed by atoms with Gasteiger partial charge in [-0.15, -0.1) is 0 Å². The van der Waals surface area contributed by atoms with Crippen LogP contribution in [-0.2, 0) is 0 Å². The molecule has 0 N–H and O–H groups in total. The molecule has 0 amide bonds. The summed E-state index contributed by atoms with van der Waals surface area (Å²) in [6.45, 7) is 2.11. The van der Waals surface area contributed by atoms with E-state index in [-0.39, 0.29) is 6.10 Å². The van der Waals surface area contributed by atoms with Gasteiger partial charge in [0.2, 0.25) is 5.88 Å². The molecule has 2 aromatic rings. The van der Waals surface area contributed by atoms with Gasteiger partial charge in [-0.1, -0.05) is 43.3 Å². The lowest BCUT2D eigenvalue weighted by atomic mass is 10.1. The molecule has 0 aliphatic rings. The average Bonchev–Trinajstić information content (AvgIpc) is 2.37. The van der Waals surface area contributed by atoms with Gasteiger partial charge in [-0.25, -0.2) is 4.98 Å². The lowest BCUT2D eigenvalue weighted by Gasteiger charge is -2.17. The molecule has 2 rings (SSSR count). The van der Waals surface area contributed by atoms with Gasteiger partial charge in [0.1, 0.15) is 10.7 Å². The van der Waals surface area contributed by atoms with Gasteiger partial charge in [-0.2, -0.15) is 0 Å². The van der Waals surface area contributed by atoms with Crippen LogP contribution in [0.2, 0.25) is 0 Å². The van der Waals surface area contributed by atoms with Crippen LogP contribution < -0.4 is 4.74 Å². The zero-order valence-electron chi connectivity index (χ0n) is 9.64. The molecule has 0 radical (unpaired) electrons. The van der Waals surface area contributed by atoms with Gasteiger partial charge >= 0.3 is 0 Å². The van der Waals surface area contributed by atoms with Gasteiger partial charge in [-0.05, 0) is 34.0 Å². The Morgan fingerprint density at radius 1 is 1.12 bits per heavy atom. The Balaban J connectivity index is 2.16. The molecule has 0 aliphatic heterocycles. The lowest BCUT2D eigenvalue weighted by molar-refractivity contribution is 0.192. The van der Waals surface area contributed by atoms with Crippen molar-refractivity contribution in [1.29, 1.82) is 0 Å². The second kappa shape index (κ2) is 5.82. The number of rotatable bonds is 4. The Labute approximate surface area is 110 Å². The minimum atomic E-state index is 0.0537. The quantitative estimate of drug-likeness (QED) is 0.780. The van der Waals surface area contributed by atoms with Crippen molar-refractivity contribution >= 4 is 15.9 Å². The summed E-state index contributed by atoms with van der Waals surface area (Å²) in [5.74, 6) is 0.648. The summed E-state index contributed by atoms with van der Waals surface area (Å²) < 4.78 is 6.68. The predicted molar refractivity (Wildman–Crippen MR) is 72.0 cm³/mol. The summed E-state index contributed by atoms with van der Waals surface area (Å²) in [7, 11) is 0. The average molecular weight is 292 g/mol. The molecular formula is C14H14BrNO. The van der Waals surface area contributed by atoms with Crippen LogP contribution in [0.15, 0.2) is 53.1 Å². The monoisotopic (exact) mass is 291 g/mol. The molecule has 0 aliphatic carbocycles. The Morgan fingerprint density at radius 3 is 2.53 bits per heavy atom. The van der Waals surface area contributed by atoms with E-state index in [0.717, 1.165) is 11.0 Å². The van der Waals surface area contributed by atoms with E-state index in [2.05, 4.69) is 40.0 Å². The summed E-state index contributed by atoms with van der Waals surface area (Å²) in [6.07, 6.45) is 0.969. The fourth-order valence-electron chi connectivity index (χ4n) is 1.66. The predicted octanol–water partition coefficient (Wildman–Crippen LogP) is 4.37. The van der Waals surface area contributed by atoms with Crippen molar-refractivity contribution in [3.63, 3.8) is 0 Å². The molecule has 1 aromatic heterocycles. The molecular weight excluding hydrogens is 278 g/mol. The zero-order valence-corrected chi connectivity index (χ0v) is 11.2. The summed E-state index contributed by atoms with van der Waals surface area (Å²) >= 11 is 3.34. The maximum Gasteiger partial charge on any atom is 0.214 e. The molecule has 2 nitrogen and oxygen atoms in total. The third kappa shape index (κ3) is 3.30. The van der Waals surface area contributed by atoms with Crippen molar-refractivity contribution in [2.45, 2.75) is 19.4 Å². The fraction of sp³-hybridized carbons (Fsp3) is 0.214. The SMILES string of the molecule is CC[C@@H](Oc1cccc(Br)n1)c1ccccc1. The molecule has 0 bridgehead atoms. The van der Waals surface area contributed by atoms with E-state index in [0.29, 0.717) is 5.88 Å². The zero-order chi connectivity index (χ0) is 12.1. The third-order valence-electron chi connectivity index (χ3n) is 2.49. The molecule has 1 aromatic carbocycles. The summed E-state index contributed by atoms with van der Waals surface area (Å²) in [5.41, 5.74) is 1.18. The highest BCUT2D eigenvalue weighted by Gasteiger charge is 2.11. The maximum atomic E-state index is 5.89. The second-order valence-electron chi connectivity index (χ2n) is 3.72. The van der Waals surface area contributed by atoms with Crippen LogP contribution in [0.1, 0.15) is 25.0 Å². The summed E-state index contributed by atoms with van der Waals surface area (Å²) in [4.78, 5) is 4.28. The van der Waals surface area contributed by atoms with Crippen molar-refractivity contribution in [1.82, 2.24) is 4.98 Å². The van der Waals surface area contributed by atoms with Gasteiger partial charge < -0.3 is 4.74 Å². The Hall–Kier alpha value is -1.35. The van der Waals surface area contributed by atoms with E-state index < -0.39 is 0 Å². The van der Waals surface area contributed by atoms with E-state index in [4.69, 9.17) is 4.74 Å². The number of hydrogen-bond acceptors (Lipinski definition) is 2. The molecule has 0 unspecified atom stereocenters. The Morgan fingerprint density at radius 2 is 1.88 bits per heavy atom. The molecule has 1 atom stereocenters. The number of aromatic nitrogens is 1. The minimum Gasteiger partial charge on any atom is -0.469 e. The lowest BCUT2D eigenvalue weighted by Crippen LogP contribution is -2.07. The van der Waals surface area contributed by atoms with Crippen LogP contribution in [0.25, 0.3) is 0 Å². The van der Waals surface area contributed by atoms with E-state index in [1.165, 1.54) is 5.56 Å². The van der Waals surface area contributed by atoms with Gasteiger partial charge in [0.15, 0.2) is 0 Å². The van der Waals surface area contributed by atoms with Gasteiger partial charge in [-0.3, -0.25) is 0 Å². The van der Waals surface area contributed by atoms with Gasteiger partial charge in [0.25, 0.3) is 0 Å². The van der Waals surface area contributed by atoms with Crippen LogP contribution in [0.5, 0.6) is 5.88 Å². The molecule has 0 saturated heterocycles. The third-order valence-corrected chi connectivity index (χ3v) is 2.94. The van der Waals surface area contributed by atoms with Crippen molar-refractivity contribution in [2.75, 3.05) is 0 Å². The Kier molecular flexibility index (Phi) is 4.15. The number of hydrogen-bond donors (Lipinski definition) is 0. The molecule has 88 valence electrons. The van der Waals surface area contributed by atoms with Crippen LogP contribution in [0.3, 0.4) is 0 Å². The first-order valence-electron chi connectivity index (χ1n) is 5.63. The van der Waals surface area contributed by atoms with E-state index in [1.54, 1.807) is 0 Å². The summed E-state index contributed by atoms with van der Waals surface area (Å²) in [6, 6.07) is 15.9.